The van der Waals surface area contributed by atoms with E-state index < -0.39 is 10.0 Å². The third-order valence-corrected chi connectivity index (χ3v) is 6.17. The van der Waals surface area contributed by atoms with E-state index >= 15 is 0 Å². The van der Waals surface area contributed by atoms with Gasteiger partial charge in [0, 0.05) is 23.3 Å². The molecule has 0 aliphatic rings. The van der Waals surface area contributed by atoms with Crippen LogP contribution in [0.15, 0.2) is 48.9 Å². The first kappa shape index (κ1) is 24.7. The van der Waals surface area contributed by atoms with Crippen molar-refractivity contribution in [1.82, 2.24) is 19.7 Å². The average Bonchev–Trinajstić information content (AvgIpc) is 3.31. The summed E-state index contributed by atoms with van der Waals surface area (Å²) in [5.74, 6) is 0.603. The second-order valence-electron chi connectivity index (χ2n) is 7.76. The summed E-state index contributed by atoms with van der Waals surface area (Å²) < 4.78 is 32.6. The molecule has 4 aromatic rings. The van der Waals surface area contributed by atoms with E-state index in [4.69, 9.17) is 27.9 Å². The molecule has 0 saturated carbocycles. The van der Waals surface area contributed by atoms with E-state index in [1.165, 1.54) is 0 Å². The molecule has 0 amide bonds. The lowest BCUT2D eigenvalue weighted by molar-refractivity contribution is 0.341. The van der Waals surface area contributed by atoms with Crippen LogP contribution in [0, 0.1) is 11.3 Å². The van der Waals surface area contributed by atoms with Crippen LogP contribution in [0.5, 0.6) is 5.75 Å². The number of aromatic nitrogens is 4. The Kier molecular flexibility index (Phi) is 7.12. The first-order valence-corrected chi connectivity index (χ1v) is 13.2. The number of sulfonamides is 1. The van der Waals surface area contributed by atoms with Gasteiger partial charge in [-0.05, 0) is 36.2 Å². The maximum atomic E-state index is 11.5. The van der Waals surface area contributed by atoms with Crippen molar-refractivity contribution in [2.75, 3.05) is 23.5 Å². The Hall–Kier alpha value is -3.39. The highest BCUT2D eigenvalue weighted by atomic mass is 35.5. The molecule has 4 rings (SSSR count). The van der Waals surface area contributed by atoms with E-state index in [0.717, 1.165) is 28.3 Å². The maximum absolute atomic E-state index is 11.5. The van der Waals surface area contributed by atoms with Crippen LogP contribution in [-0.4, -0.2) is 46.9 Å². The quantitative estimate of drug-likeness (QED) is 0.329. The molecule has 2 aromatic heterocycles. The molecule has 9 nitrogen and oxygen atoms in total. The van der Waals surface area contributed by atoms with Crippen LogP contribution in [0.25, 0.3) is 22.0 Å². The highest BCUT2D eigenvalue weighted by Crippen LogP contribution is 2.34. The Morgan fingerprint density at radius 2 is 2.03 bits per heavy atom. The predicted octanol–water partition coefficient (Wildman–Crippen LogP) is 4.62. The lowest BCUT2D eigenvalue weighted by Crippen LogP contribution is -2.12. The van der Waals surface area contributed by atoms with Gasteiger partial charge in [-0.2, -0.15) is 10.4 Å². The fraction of sp³-hybridized carbons (Fsp3) is 0.217. The highest BCUT2D eigenvalue weighted by molar-refractivity contribution is 7.91. The standard InChI is InChI=1S/C23H20Cl2N6O3S/c1-14(17-7-18(10-26)22(20(25)8-17)34-6-5-24)31-13-19(12-28-31)15-3-4-16-11-27-23(29-21(16)9-15)30-35(2,32)33/h3-4,7-9,11-14H,5-6H2,1-2H3,(H,27,29,30). The van der Waals surface area contributed by atoms with Crippen LogP contribution in [-0.2, 0) is 10.0 Å². The molecule has 0 saturated heterocycles. The number of alkyl halides is 1. The zero-order valence-electron chi connectivity index (χ0n) is 18.7. The van der Waals surface area contributed by atoms with Crippen molar-refractivity contribution in [2.24, 2.45) is 0 Å². The average molecular weight is 531 g/mol. The van der Waals surface area contributed by atoms with E-state index in [9.17, 15) is 13.7 Å². The van der Waals surface area contributed by atoms with Crippen LogP contribution < -0.4 is 9.46 Å². The summed E-state index contributed by atoms with van der Waals surface area (Å²) in [4.78, 5) is 8.33. The number of rotatable bonds is 8. The molecule has 0 spiro atoms. The minimum Gasteiger partial charge on any atom is -0.489 e. The molecule has 35 heavy (non-hydrogen) atoms. The number of halogens is 2. The fourth-order valence-corrected chi connectivity index (χ4v) is 4.28. The van der Waals surface area contributed by atoms with Crippen molar-refractivity contribution in [3.05, 3.63) is 65.1 Å². The van der Waals surface area contributed by atoms with Gasteiger partial charge in [0.05, 0.1) is 40.5 Å². The van der Waals surface area contributed by atoms with Gasteiger partial charge in [-0.3, -0.25) is 9.40 Å². The van der Waals surface area contributed by atoms with Gasteiger partial charge < -0.3 is 4.74 Å². The Bertz CT molecular complexity index is 1550. The minimum absolute atomic E-state index is 0.00474. The van der Waals surface area contributed by atoms with Gasteiger partial charge in [0.15, 0.2) is 5.75 Å². The molecule has 1 atom stereocenters. The first-order valence-electron chi connectivity index (χ1n) is 10.4. The number of ether oxygens (including phenoxy) is 1. The van der Waals surface area contributed by atoms with Gasteiger partial charge in [-0.15, -0.1) is 11.6 Å². The largest absolute Gasteiger partial charge is 0.489 e. The van der Waals surface area contributed by atoms with E-state index in [0.29, 0.717) is 21.9 Å². The summed E-state index contributed by atoms with van der Waals surface area (Å²) in [5.41, 5.74) is 3.39. The fourth-order valence-electron chi connectivity index (χ4n) is 3.50. The molecule has 2 aromatic carbocycles. The smallest absolute Gasteiger partial charge is 0.237 e. The number of hydrogen-bond donors (Lipinski definition) is 1. The molecule has 1 N–H and O–H groups in total. The Morgan fingerprint density at radius 3 is 2.74 bits per heavy atom. The number of anilines is 1. The summed E-state index contributed by atoms with van der Waals surface area (Å²) in [6.45, 7) is 2.19. The molecule has 180 valence electrons. The SMILES string of the molecule is CC(c1cc(Cl)c(OCCCl)c(C#N)c1)n1cc(-c2ccc3cnc(NS(C)(=O)=O)nc3c2)cn1. The number of nitrogens with zero attached hydrogens (tertiary/aromatic N) is 5. The molecule has 2 heterocycles. The third-order valence-electron chi connectivity index (χ3n) is 5.18. The van der Waals surface area contributed by atoms with E-state index in [1.807, 2.05) is 31.3 Å². The summed E-state index contributed by atoms with van der Waals surface area (Å²) in [7, 11) is -3.49. The van der Waals surface area contributed by atoms with Gasteiger partial charge >= 0.3 is 0 Å². The van der Waals surface area contributed by atoms with Gasteiger partial charge in [0.1, 0.15) is 12.7 Å². The van der Waals surface area contributed by atoms with Crippen LogP contribution in [0.4, 0.5) is 5.95 Å². The van der Waals surface area contributed by atoms with Crippen molar-refractivity contribution in [3.63, 3.8) is 0 Å². The van der Waals surface area contributed by atoms with Crippen LogP contribution >= 0.6 is 23.2 Å². The van der Waals surface area contributed by atoms with E-state index in [2.05, 4.69) is 25.9 Å². The summed E-state index contributed by atoms with van der Waals surface area (Å²) in [6.07, 6.45) is 6.20. The lowest BCUT2D eigenvalue weighted by atomic mass is 10.0. The molecule has 0 aliphatic heterocycles. The maximum Gasteiger partial charge on any atom is 0.237 e. The normalized spacial score (nSPS) is 12.3. The molecule has 0 bridgehead atoms. The van der Waals surface area contributed by atoms with Crippen molar-refractivity contribution >= 4 is 50.1 Å². The Balaban J connectivity index is 1.63. The van der Waals surface area contributed by atoms with Gasteiger partial charge in [0.25, 0.3) is 0 Å². The summed E-state index contributed by atoms with van der Waals surface area (Å²) >= 11 is 12.1. The van der Waals surface area contributed by atoms with Gasteiger partial charge in [-0.1, -0.05) is 23.7 Å². The minimum atomic E-state index is -3.49. The monoisotopic (exact) mass is 530 g/mol. The highest BCUT2D eigenvalue weighted by Gasteiger charge is 2.17. The van der Waals surface area contributed by atoms with Gasteiger partial charge in [0.2, 0.25) is 16.0 Å². The number of nitrogens with one attached hydrogen (secondary N) is 1. The van der Waals surface area contributed by atoms with Crippen molar-refractivity contribution in [1.29, 1.82) is 5.26 Å². The van der Waals surface area contributed by atoms with Gasteiger partial charge in [-0.25, -0.2) is 18.4 Å². The van der Waals surface area contributed by atoms with Crippen LogP contribution in [0.2, 0.25) is 5.02 Å². The molecular weight excluding hydrogens is 511 g/mol. The molecule has 0 fully saturated rings. The van der Waals surface area contributed by atoms with Crippen molar-refractivity contribution in [3.8, 4) is 22.9 Å². The number of fused-ring (bicyclic) bond motifs is 1. The summed E-state index contributed by atoms with van der Waals surface area (Å²) in [6, 6.07) is 11.0. The zero-order chi connectivity index (χ0) is 25.2. The second-order valence-corrected chi connectivity index (χ2v) is 10.3. The van der Waals surface area contributed by atoms with E-state index in [-0.39, 0.29) is 24.5 Å². The Labute approximate surface area is 212 Å². The van der Waals surface area contributed by atoms with E-state index in [1.54, 1.807) is 29.2 Å². The molecule has 1 unspecified atom stereocenters. The third kappa shape index (κ3) is 5.65. The zero-order valence-corrected chi connectivity index (χ0v) is 21.1. The number of benzene rings is 2. The first-order chi connectivity index (χ1) is 16.7. The topological polar surface area (TPSA) is 123 Å². The van der Waals surface area contributed by atoms with Crippen molar-refractivity contribution in [2.45, 2.75) is 13.0 Å². The summed E-state index contributed by atoms with van der Waals surface area (Å²) in [5, 5.41) is 15.1. The Morgan fingerprint density at radius 1 is 1.23 bits per heavy atom. The second kappa shape index (κ2) is 10.1. The number of nitriles is 1. The molecule has 0 radical (unpaired) electrons. The molecule has 0 aliphatic carbocycles. The molecule has 12 heteroatoms. The van der Waals surface area contributed by atoms with Crippen molar-refractivity contribution < 1.29 is 13.2 Å². The van der Waals surface area contributed by atoms with Crippen LogP contribution in [0.3, 0.4) is 0 Å². The number of hydrogen-bond acceptors (Lipinski definition) is 7. The predicted molar refractivity (Wildman–Crippen MR) is 135 cm³/mol. The molecular formula is C23H20Cl2N6O3S. The van der Waals surface area contributed by atoms with Crippen LogP contribution in [0.1, 0.15) is 24.1 Å². The lowest BCUT2D eigenvalue weighted by Gasteiger charge is -2.16.